The maximum absolute atomic E-state index is 12.9. The number of phenols is 1. The number of methoxy groups -OCH3 is 1. The highest BCUT2D eigenvalue weighted by Gasteiger charge is 2.30. The Kier molecular flexibility index (Phi) is 6.11. The molecule has 0 radical (unpaired) electrons. The minimum absolute atomic E-state index is 0.0325. The van der Waals surface area contributed by atoms with Crippen molar-refractivity contribution in [1.82, 2.24) is 15.1 Å². The number of hydrogen-bond acceptors (Lipinski definition) is 5. The average Bonchev–Trinajstić information content (AvgIpc) is 3.57. The smallest absolute Gasteiger partial charge is 0.342 e. The van der Waals surface area contributed by atoms with Crippen molar-refractivity contribution in [2.75, 3.05) is 12.4 Å². The van der Waals surface area contributed by atoms with Crippen LogP contribution in [0.1, 0.15) is 43.4 Å². The summed E-state index contributed by atoms with van der Waals surface area (Å²) >= 11 is 0. The molecule has 1 saturated carbocycles. The number of ether oxygens (including phenoxy) is 1. The summed E-state index contributed by atoms with van der Waals surface area (Å²) in [6, 6.07) is 13.8. The lowest BCUT2D eigenvalue weighted by Gasteiger charge is -2.09. The second-order valence-electron chi connectivity index (χ2n) is 7.78. The molecule has 8 heteroatoms. The monoisotopic (exact) mass is 434 g/mol. The fourth-order valence-electron chi connectivity index (χ4n) is 3.42. The van der Waals surface area contributed by atoms with E-state index in [1.54, 1.807) is 26.2 Å². The number of amides is 2. The van der Waals surface area contributed by atoms with Crippen LogP contribution in [0.15, 0.2) is 48.5 Å². The second kappa shape index (κ2) is 9.13. The Hall–Kier alpha value is -3.81. The molecule has 1 aromatic heterocycles. The minimum atomic E-state index is -0.330. The number of rotatable bonds is 7. The molecule has 3 N–H and O–H groups in total. The van der Waals surface area contributed by atoms with Crippen LogP contribution in [-0.2, 0) is 11.3 Å². The SMILES string of the molecule is CCC(=O)Nc1ccc(O)c(-c2cc(C3CC3)n(C(=O)NCc3ccc(OC)cc3)n2)c1. The van der Waals surface area contributed by atoms with Gasteiger partial charge in [0.2, 0.25) is 5.91 Å². The topological polar surface area (TPSA) is 105 Å². The van der Waals surface area contributed by atoms with E-state index in [9.17, 15) is 14.7 Å². The molecule has 0 saturated heterocycles. The van der Waals surface area contributed by atoms with Gasteiger partial charge < -0.3 is 20.5 Å². The summed E-state index contributed by atoms with van der Waals surface area (Å²) in [4.78, 5) is 24.7. The number of aromatic nitrogens is 2. The molecule has 32 heavy (non-hydrogen) atoms. The molecule has 166 valence electrons. The number of nitrogens with one attached hydrogen (secondary N) is 2. The summed E-state index contributed by atoms with van der Waals surface area (Å²) in [5.74, 6) is 0.937. The molecule has 2 amide bonds. The van der Waals surface area contributed by atoms with Gasteiger partial charge in [-0.3, -0.25) is 4.79 Å². The summed E-state index contributed by atoms with van der Waals surface area (Å²) in [5.41, 5.74) is 3.27. The number of phenolic OH excluding ortho intramolecular Hbond substituents is 1. The molecule has 1 aliphatic rings. The van der Waals surface area contributed by atoms with E-state index >= 15 is 0 Å². The summed E-state index contributed by atoms with van der Waals surface area (Å²) in [7, 11) is 1.61. The molecular weight excluding hydrogens is 408 g/mol. The van der Waals surface area contributed by atoms with E-state index in [1.165, 1.54) is 10.7 Å². The van der Waals surface area contributed by atoms with Crippen molar-refractivity contribution in [2.24, 2.45) is 0 Å². The molecule has 3 aromatic rings. The molecule has 4 rings (SSSR count). The third-order valence-corrected chi connectivity index (χ3v) is 5.41. The van der Waals surface area contributed by atoms with Crippen LogP contribution in [-0.4, -0.2) is 33.9 Å². The summed E-state index contributed by atoms with van der Waals surface area (Å²) in [6.45, 7) is 2.12. The van der Waals surface area contributed by atoms with Crippen LogP contribution in [0.25, 0.3) is 11.3 Å². The van der Waals surface area contributed by atoms with Crippen LogP contribution in [0.4, 0.5) is 10.5 Å². The Labute approximate surface area is 186 Å². The molecule has 0 bridgehead atoms. The molecule has 0 spiro atoms. The van der Waals surface area contributed by atoms with Crippen LogP contribution < -0.4 is 15.4 Å². The highest BCUT2D eigenvalue weighted by molar-refractivity contribution is 5.91. The number of nitrogens with zero attached hydrogens (tertiary/aromatic N) is 2. The van der Waals surface area contributed by atoms with Gasteiger partial charge in [-0.15, -0.1) is 0 Å². The maximum atomic E-state index is 12.9. The third-order valence-electron chi connectivity index (χ3n) is 5.41. The summed E-state index contributed by atoms with van der Waals surface area (Å²) in [6.07, 6.45) is 2.34. The first kappa shape index (κ1) is 21.4. The highest BCUT2D eigenvalue weighted by Crippen LogP contribution is 2.42. The van der Waals surface area contributed by atoms with Crippen LogP contribution >= 0.6 is 0 Å². The lowest BCUT2D eigenvalue weighted by molar-refractivity contribution is -0.115. The molecule has 1 aliphatic carbocycles. The first-order valence-electron chi connectivity index (χ1n) is 10.6. The Morgan fingerprint density at radius 1 is 1.16 bits per heavy atom. The van der Waals surface area contributed by atoms with E-state index in [0.29, 0.717) is 29.9 Å². The van der Waals surface area contributed by atoms with Crippen LogP contribution in [0, 0.1) is 0 Å². The molecule has 0 unspecified atom stereocenters. The van der Waals surface area contributed by atoms with E-state index in [0.717, 1.165) is 29.8 Å². The van der Waals surface area contributed by atoms with E-state index in [1.807, 2.05) is 30.3 Å². The van der Waals surface area contributed by atoms with Crippen molar-refractivity contribution in [3.8, 4) is 22.8 Å². The van der Waals surface area contributed by atoms with Crippen molar-refractivity contribution in [3.05, 3.63) is 59.8 Å². The predicted molar refractivity (Wildman–Crippen MR) is 121 cm³/mol. The molecule has 0 aliphatic heterocycles. The lowest BCUT2D eigenvalue weighted by atomic mass is 10.1. The fraction of sp³-hybridized carbons (Fsp3) is 0.292. The molecule has 8 nitrogen and oxygen atoms in total. The van der Waals surface area contributed by atoms with Gasteiger partial charge >= 0.3 is 6.03 Å². The Balaban J connectivity index is 1.56. The van der Waals surface area contributed by atoms with Gasteiger partial charge in [0, 0.05) is 30.1 Å². The molecular formula is C24H26N4O4. The first-order chi connectivity index (χ1) is 15.5. The number of carbonyl (C=O) groups excluding carboxylic acids is 2. The highest BCUT2D eigenvalue weighted by atomic mass is 16.5. The zero-order valence-corrected chi connectivity index (χ0v) is 18.1. The average molecular weight is 434 g/mol. The lowest BCUT2D eigenvalue weighted by Crippen LogP contribution is -2.30. The van der Waals surface area contributed by atoms with E-state index in [-0.39, 0.29) is 23.6 Å². The first-order valence-corrected chi connectivity index (χ1v) is 10.6. The molecule has 2 aromatic carbocycles. The zero-order valence-electron chi connectivity index (χ0n) is 18.1. The van der Waals surface area contributed by atoms with Crippen LogP contribution in [0.2, 0.25) is 0 Å². The standard InChI is InChI=1S/C24H26N4O4/c1-3-23(30)26-17-8-11-22(29)19(12-17)20-13-21(16-6-7-16)28(27-20)24(31)25-14-15-4-9-18(32-2)10-5-15/h4-5,8-13,16,29H,3,6-7,14H2,1-2H3,(H,25,31)(H,26,30). The van der Waals surface area contributed by atoms with Gasteiger partial charge in [-0.1, -0.05) is 19.1 Å². The number of carbonyl (C=O) groups is 2. The van der Waals surface area contributed by atoms with Gasteiger partial charge in [-0.05, 0) is 54.8 Å². The quantitative estimate of drug-likeness (QED) is 0.482. The molecule has 0 atom stereocenters. The Morgan fingerprint density at radius 3 is 2.56 bits per heavy atom. The normalized spacial score (nSPS) is 12.9. The van der Waals surface area contributed by atoms with Crippen molar-refractivity contribution in [3.63, 3.8) is 0 Å². The summed E-state index contributed by atoms with van der Waals surface area (Å²) < 4.78 is 6.54. The van der Waals surface area contributed by atoms with Crippen LogP contribution in [0.5, 0.6) is 11.5 Å². The van der Waals surface area contributed by atoms with Crippen molar-refractivity contribution < 1.29 is 19.4 Å². The van der Waals surface area contributed by atoms with E-state index < -0.39 is 0 Å². The number of aromatic hydroxyl groups is 1. The Bertz CT molecular complexity index is 1130. The minimum Gasteiger partial charge on any atom is -0.507 e. The van der Waals surface area contributed by atoms with E-state index in [4.69, 9.17) is 4.74 Å². The number of benzene rings is 2. The van der Waals surface area contributed by atoms with Crippen molar-refractivity contribution in [2.45, 2.75) is 38.6 Å². The van der Waals surface area contributed by atoms with Gasteiger partial charge in [-0.2, -0.15) is 9.78 Å². The number of hydrogen-bond donors (Lipinski definition) is 3. The predicted octanol–water partition coefficient (Wildman–Crippen LogP) is 4.25. The van der Waals surface area contributed by atoms with Crippen LogP contribution in [0.3, 0.4) is 0 Å². The summed E-state index contributed by atoms with van der Waals surface area (Å²) in [5, 5.41) is 20.6. The van der Waals surface area contributed by atoms with Gasteiger partial charge in [0.1, 0.15) is 11.5 Å². The fourth-order valence-corrected chi connectivity index (χ4v) is 3.42. The molecule has 1 heterocycles. The largest absolute Gasteiger partial charge is 0.507 e. The third kappa shape index (κ3) is 4.74. The van der Waals surface area contributed by atoms with Crippen molar-refractivity contribution in [1.29, 1.82) is 0 Å². The van der Waals surface area contributed by atoms with Crippen molar-refractivity contribution >= 4 is 17.6 Å². The molecule has 1 fully saturated rings. The Morgan fingerprint density at radius 2 is 1.91 bits per heavy atom. The zero-order chi connectivity index (χ0) is 22.7. The van der Waals surface area contributed by atoms with E-state index in [2.05, 4.69) is 15.7 Å². The maximum Gasteiger partial charge on any atom is 0.342 e. The number of anilines is 1. The van der Waals surface area contributed by atoms with Gasteiger partial charge in [0.15, 0.2) is 0 Å². The van der Waals surface area contributed by atoms with Gasteiger partial charge in [0.05, 0.1) is 18.5 Å². The second-order valence-corrected chi connectivity index (χ2v) is 7.78. The van der Waals surface area contributed by atoms with Gasteiger partial charge in [0.25, 0.3) is 0 Å². The van der Waals surface area contributed by atoms with Gasteiger partial charge in [-0.25, -0.2) is 4.79 Å².